The van der Waals surface area contributed by atoms with E-state index in [1.165, 1.54) is 18.3 Å². The van der Waals surface area contributed by atoms with Crippen LogP contribution in [-0.4, -0.2) is 28.2 Å². The van der Waals surface area contributed by atoms with Crippen LogP contribution in [0.2, 0.25) is 5.15 Å². The van der Waals surface area contributed by atoms with E-state index in [4.69, 9.17) is 11.6 Å². The van der Waals surface area contributed by atoms with Gasteiger partial charge in [0.1, 0.15) is 5.15 Å². The zero-order chi connectivity index (χ0) is 11.6. The molecule has 0 amide bonds. The lowest BCUT2D eigenvalue weighted by Crippen LogP contribution is -2.12. The Hall–Kier alpha value is -1.32. The van der Waals surface area contributed by atoms with Crippen LogP contribution in [-0.2, 0) is 10.0 Å². The maximum atomic E-state index is 11.8. The van der Waals surface area contributed by atoms with Crippen molar-refractivity contribution in [2.45, 2.75) is 4.90 Å². The van der Waals surface area contributed by atoms with Crippen LogP contribution in [0, 0.1) is 0 Å². The number of rotatable bonds is 3. The fourth-order valence-corrected chi connectivity index (χ4v) is 2.73. The van der Waals surface area contributed by atoms with Gasteiger partial charge in [-0.25, -0.2) is 13.4 Å². The van der Waals surface area contributed by atoms with E-state index in [2.05, 4.69) is 24.5 Å². The predicted molar refractivity (Wildman–Crippen MR) is 57.8 cm³/mol. The fourth-order valence-electron chi connectivity index (χ4n) is 0.899. The van der Waals surface area contributed by atoms with E-state index >= 15 is 0 Å². The van der Waals surface area contributed by atoms with E-state index < -0.39 is 10.0 Å². The van der Waals surface area contributed by atoms with Crippen molar-refractivity contribution in [2.75, 3.05) is 4.72 Å². The molecule has 0 radical (unpaired) electrons. The molecule has 0 atom stereocenters. The largest absolute Gasteiger partial charge is 0.263 e. The van der Waals surface area contributed by atoms with Gasteiger partial charge in [0.2, 0.25) is 5.13 Å². The molecule has 0 aromatic carbocycles. The van der Waals surface area contributed by atoms with Gasteiger partial charge in [-0.3, -0.25) is 4.72 Å². The van der Waals surface area contributed by atoms with Gasteiger partial charge in [-0.15, -0.1) is 0 Å². The Kier molecular flexibility index (Phi) is 2.99. The lowest BCUT2D eigenvalue weighted by Gasteiger charge is -2.03. The molecule has 2 rings (SSSR count). The van der Waals surface area contributed by atoms with Crippen molar-refractivity contribution in [1.29, 1.82) is 0 Å². The van der Waals surface area contributed by atoms with E-state index in [1.807, 2.05) is 0 Å². The summed E-state index contributed by atoms with van der Waals surface area (Å²) >= 11 is 6.43. The molecule has 0 aliphatic carbocycles. The van der Waals surface area contributed by atoms with Gasteiger partial charge in [0.15, 0.2) is 0 Å². The molecule has 0 saturated carbocycles. The van der Waals surface area contributed by atoms with Gasteiger partial charge in [0.25, 0.3) is 10.0 Å². The summed E-state index contributed by atoms with van der Waals surface area (Å²) < 4.78 is 29.2. The minimum absolute atomic E-state index is 0.00250. The second-order valence-corrected chi connectivity index (χ2v) is 5.39. The van der Waals surface area contributed by atoms with Crippen LogP contribution in [0.4, 0.5) is 5.13 Å². The zero-order valence-electron chi connectivity index (χ0n) is 7.53. The summed E-state index contributed by atoms with van der Waals surface area (Å²) in [5.41, 5.74) is 0. The first kappa shape index (κ1) is 11.2. The molecular formula is C6H4ClN5O2S2. The number of hydrogen-bond donors (Lipinski definition) is 1. The van der Waals surface area contributed by atoms with Gasteiger partial charge in [0, 0.05) is 17.7 Å². The molecule has 0 aliphatic heterocycles. The molecule has 0 saturated heterocycles. The van der Waals surface area contributed by atoms with Gasteiger partial charge in [-0.05, 0) is 17.3 Å². The molecule has 2 aromatic rings. The molecule has 1 N–H and O–H groups in total. The Labute approximate surface area is 99.7 Å². The molecule has 0 bridgehead atoms. The number of sulfonamides is 1. The van der Waals surface area contributed by atoms with Crippen molar-refractivity contribution >= 4 is 38.3 Å². The molecular weight excluding hydrogens is 274 g/mol. The topological polar surface area (TPSA) is 97.7 Å². The number of nitrogens with zero attached hydrogens (tertiary/aromatic N) is 4. The van der Waals surface area contributed by atoms with Crippen LogP contribution in [0.3, 0.4) is 0 Å². The van der Waals surface area contributed by atoms with Crippen molar-refractivity contribution in [1.82, 2.24) is 19.8 Å². The summed E-state index contributed by atoms with van der Waals surface area (Å²) in [6.07, 6.45) is 1.30. The third-order valence-electron chi connectivity index (χ3n) is 1.53. The number of hydrogen-bond acceptors (Lipinski definition) is 7. The first-order valence-corrected chi connectivity index (χ1v) is 6.51. The van der Waals surface area contributed by atoms with E-state index in [0.29, 0.717) is 0 Å². The van der Waals surface area contributed by atoms with Crippen LogP contribution < -0.4 is 4.72 Å². The van der Waals surface area contributed by atoms with Crippen LogP contribution in [0.1, 0.15) is 0 Å². The van der Waals surface area contributed by atoms with Gasteiger partial charge < -0.3 is 0 Å². The van der Waals surface area contributed by atoms with Gasteiger partial charge in [-0.1, -0.05) is 21.2 Å². The Bertz CT molecular complexity index is 585. The van der Waals surface area contributed by atoms with E-state index in [9.17, 15) is 8.42 Å². The average molecular weight is 278 g/mol. The molecule has 0 aliphatic rings. The van der Waals surface area contributed by atoms with Crippen LogP contribution in [0.15, 0.2) is 23.2 Å². The first-order valence-electron chi connectivity index (χ1n) is 3.87. The van der Waals surface area contributed by atoms with Crippen molar-refractivity contribution in [2.24, 2.45) is 0 Å². The maximum absolute atomic E-state index is 11.8. The third-order valence-corrected chi connectivity index (χ3v) is 3.71. The molecule has 10 heteroatoms. The minimum Gasteiger partial charge on any atom is -0.252 e. The molecule has 84 valence electrons. The number of nitrogens with one attached hydrogen (secondary N) is 1. The molecule has 0 unspecified atom stereocenters. The Morgan fingerprint density at radius 3 is 2.88 bits per heavy atom. The van der Waals surface area contributed by atoms with Crippen molar-refractivity contribution < 1.29 is 8.42 Å². The van der Waals surface area contributed by atoms with Crippen molar-refractivity contribution in [3.8, 4) is 0 Å². The molecule has 16 heavy (non-hydrogen) atoms. The van der Waals surface area contributed by atoms with E-state index in [-0.39, 0.29) is 15.2 Å². The van der Waals surface area contributed by atoms with Gasteiger partial charge >= 0.3 is 0 Å². The smallest absolute Gasteiger partial charge is 0.252 e. The highest BCUT2D eigenvalue weighted by molar-refractivity contribution is 7.93. The van der Waals surface area contributed by atoms with Crippen LogP contribution >= 0.6 is 23.1 Å². The number of aromatic nitrogens is 4. The van der Waals surface area contributed by atoms with Gasteiger partial charge in [-0.2, -0.15) is 0 Å². The Morgan fingerprint density at radius 2 is 2.25 bits per heavy atom. The second kappa shape index (κ2) is 4.28. The molecule has 0 fully saturated rings. The number of halogens is 1. The van der Waals surface area contributed by atoms with Crippen LogP contribution in [0.5, 0.6) is 0 Å². The molecule has 2 aromatic heterocycles. The van der Waals surface area contributed by atoms with E-state index in [1.54, 1.807) is 0 Å². The van der Waals surface area contributed by atoms with Crippen LogP contribution in [0.25, 0.3) is 0 Å². The van der Waals surface area contributed by atoms with Crippen molar-refractivity contribution in [3.05, 3.63) is 23.5 Å². The number of anilines is 1. The Balaban J connectivity index is 2.33. The SMILES string of the molecule is O=S(=O)(Nc1nnns1)c1ccnc(Cl)c1. The first-order chi connectivity index (χ1) is 7.58. The Morgan fingerprint density at radius 1 is 1.44 bits per heavy atom. The predicted octanol–water partition coefficient (Wildman–Crippen LogP) is 0.782. The fraction of sp³-hybridized carbons (Fsp3) is 0. The zero-order valence-corrected chi connectivity index (χ0v) is 9.92. The normalized spacial score (nSPS) is 11.3. The monoisotopic (exact) mass is 277 g/mol. The molecule has 0 spiro atoms. The highest BCUT2D eigenvalue weighted by Gasteiger charge is 2.16. The van der Waals surface area contributed by atoms with Gasteiger partial charge in [0.05, 0.1) is 4.90 Å². The second-order valence-electron chi connectivity index (χ2n) is 2.59. The molecule has 2 heterocycles. The van der Waals surface area contributed by atoms with Crippen molar-refractivity contribution in [3.63, 3.8) is 0 Å². The summed E-state index contributed by atoms with van der Waals surface area (Å²) in [7, 11) is -3.71. The summed E-state index contributed by atoms with van der Waals surface area (Å²) in [6.45, 7) is 0. The quantitative estimate of drug-likeness (QED) is 0.833. The molecule has 7 nitrogen and oxygen atoms in total. The summed E-state index contributed by atoms with van der Waals surface area (Å²) in [5, 5.41) is 6.92. The maximum Gasteiger partial charge on any atom is 0.263 e. The highest BCUT2D eigenvalue weighted by Crippen LogP contribution is 2.17. The lowest BCUT2D eigenvalue weighted by molar-refractivity contribution is 0.601. The average Bonchev–Trinajstić information content (AvgIpc) is 2.70. The standard InChI is InChI=1S/C6H4ClN5O2S2/c7-5-3-4(1-2-8-5)16(13,14)10-6-9-11-12-15-6/h1-3H,(H,9,10,12). The number of pyridine rings is 1. The third kappa shape index (κ3) is 2.43. The van der Waals surface area contributed by atoms with E-state index in [0.717, 1.165) is 11.5 Å². The minimum atomic E-state index is -3.71. The summed E-state index contributed by atoms with van der Waals surface area (Å²) in [4.78, 5) is 3.69. The highest BCUT2D eigenvalue weighted by atomic mass is 35.5. The lowest BCUT2D eigenvalue weighted by atomic mass is 10.5. The summed E-state index contributed by atoms with van der Waals surface area (Å²) in [6, 6.07) is 2.56. The summed E-state index contributed by atoms with van der Waals surface area (Å²) in [5.74, 6) is 0.